The number of sulfonamides is 1. The van der Waals surface area contributed by atoms with Crippen molar-refractivity contribution in [3.8, 4) is 5.75 Å². The number of anilines is 1. The van der Waals surface area contributed by atoms with E-state index in [2.05, 4.69) is 21.2 Å². The van der Waals surface area contributed by atoms with Gasteiger partial charge in [0.1, 0.15) is 18.3 Å². The van der Waals surface area contributed by atoms with Crippen LogP contribution in [0, 0.1) is 6.92 Å². The minimum absolute atomic E-state index is 0.0270. The zero-order valence-corrected chi connectivity index (χ0v) is 29.8. The predicted octanol–water partition coefficient (Wildman–Crippen LogP) is 6.91. The van der Waals surface area contributed by atoms with E-state index in [0.29, 0.717) is 18.0 Å². The van der Waals surface area contributed by atoms with Gasteiger partial charge in [0.25, 0.3) is 10.0 Å². The molecule has 0 saturated heterocycles. The first-order valence-electron chi connectivity index (χ1n) is 15.5. The molecule has 0 bridgehead atoms. The van der Waals surface area contributed by atoms with E-state index in [1.54, 1.807) is 36.4 Å². The van der Waals surface area contributed by atoms with E-state index in [4.69, 9.17) is 4.74 Å². The number of carbonyl (C=O) groups excluding carboxylic acids is 2. The molecule has 4 rings (SSSR count). The maximum absolute atomic E-state index is 14.7. The lowest BCUT2D eigenvalue weighted by molar-refractivity contribution is -0.140. The highest BCUT2D eigenvalue weighted by Crippen LogP contribution is 2.28. The summed E-state index contributed by atoms with van der Waals surface area (Å²) in [7, 11) is -4.22. The Kier molecular flexibility index (Phi) is 11.9. The summed E-state index contributed by atoms with van der Waals surface area (Å²) in [5, 5.41) is 3.06. The lowest BCUT2D eigenvalue weighted by atomic mass is 10.00. The molecule has 0 heterocycles. The van der Waals surface area contributed by atoms with Gasteiger partial charge in [0, 0.05) is 23.0 Å². The molecule has 47 heavy (non-hydrogen) atoms. The number of hydrogen-bond donors (Lipinski definition) is 1. The second kappa shape index (κ2) is 15.6. The molecule has 8 nitrogen and oxygen atoms in total. The van der Waals surface area contributed by atoms with Crippen LogP contribution in [0.4, 0.5) is 5.69 Å². The van der Waals surface area contributed by atoms with Gasteiger partial charge in [-0.2, -0.15) is 0 Å². The molecule has 0 radical (unpaired) electrons. The second-order valence-electron chi connectivity index (χ2n) is 12.3. The van der Waals surface area contributed by atoms with Gasteiger partial charge in [-0.1, -0.05) is 70.5 Å². The van der Waals surface area contributed by atoms with Crippen molar-refractivity contribution in [2.45, 2.75) is 64.1 Å². The molecule has 0 unspecified atom stereocenters. The van der Waals surface area contributed by atoms with Gasteiger partial charge in [0.2, 0.25) is 11.8 Å². The van der Waals surface area contributed by atoms with Crippen molar-refractivity contribution >= 4 is 43.5 Å². The first kappa shape index (κ1) is 35.7. The topological polar surface area (TPSA) is 96.0 Å². The molecule has 1 N–H and O–H groups in total. The first-order valence-corrected chi connectivity index (χ1v) is 17.7. The van der Waals surface area contributed by atoms with E-state index in [-0.39, 0.29) is 23.8 Å². The predicted molar refractivity (Wildman–Crippen MR) is 190 cm³/mol. The summed E-state index contributed by atoms with van der Waals surface area (Å²) in [5.41, 5.74) is 2.40. The zero-order chi connectivity index (χ0) is 34.2. The molecule has 0 aliphatic heterocycles. The number of nitrogens with zero attached hydrogens (tertiary/aromatic N) is 2. The Bertz CT molecular complexity index is 1760. The van der Waals surface area contributed by atoms with Crippen molar-refractivity contribution in [3.63, 3.8) is 0 Å². The molecule has 10 heteroatoms. The number of halogens is 1. The van der Waals surface area contributed by atoms with Crippen LogP contribution < -0.4 is 14.4 Å². The highest BCUT2D eigenvalue weighted by atomic mass is 79.9. The van der Waals surface area contributed by atoms with Crippen LogP contribution >= 0.6 is 15.9 Å². The molecule has 0 saturated carbocycles. The number of nitrogens with one attached hydrogen (secondary N) is 1. The molecule has 1 atom stereocenters. The normalized spacial score (nSPS) is 12.2. The minimum Gasteiger partial charge on any atom is -0.494 e. The van der Waals surface area contributed by atoms with Crippen molar-refractivity contribution in [1.82, 2.24) is 10.2 Å². The molecular formula is C37H42BrN3O5S. The second-order valence-corrected chi connectivity index (χ2v) is 15.1. The summed E-state index contributed by atoms with van der Waals surface area (Å²) in [6.07, 6.45) is 0.239. The van der Waals surface area contributed by atoms with Gasteiger partial charge in [0.15, 0.2) is 0 Å². The number of amides is 2. The summed E-state index contributed by atoms with van der Waals surface area (Å²) < 4.78 is 35.9. The van der Waals surface area contributed by atoms with Crippen LogP contribution in [-0.4, -0.2) is 49.9 Å². The number of ether oxygens (including phenoxy) is 1. The number of hydrogen-bond acceptors (Lipinski definition) is 5. The molecule has 4 aromatic rings. The third kappa shape index (κ3) is 9.68. The first-order chi connectivity index (χ1) is 22.3. The maximum Gasteiger partial charge on any atom is 0.264 e. The fourth-order valence-electron chi connectivity index (χ4n) is 5.12. The van der Waals surface area contributed by atoms with Gasteiger partial charge >= 0.3 is 0 Å². The lowest BCUT2D eigenvalue weighted by Gasteiger charge is -2.35. The molecule has 0 aliphatic rings. The monoisotopic (exact) mass is 719 g/mol. The van der Waals surface area contributed by atoms with Gasteiger partial charge in [-0.25, -0.2) is 8.42 Å². The lowest BCUT2D eigenvalue weighted by Crippen LogP contribution is -2.56. The Hall–Kier alpha value is -4.15. The SMILES string of the molecule is CCOc1ccc(N(CC(=O)N(Cc2ccccc2C)[C@@H](Cc2ccccc2)C(=O)NC(C)(C)C)S(=O)(=O)c2ccc(Br)cc2)cc1. The van der Waals surface area contributed by atoms with E-state index in [9.17, 15) is 18.0 Å². The van der Waals surface area contributed by atoms with Crippen LogP contribution in [0.2, 0.25) is 0 Å². The van der Waals surface area contributed by atoms with E-state index >= 15 is 0 Å². The number of benzene rings is 4. The van der Waals surface area contributed by atoms with Crippen LogP contribution in [0.3, 0.4) is 0 Å². The van der Waals surface area contributed by atoms with E-state index in [1.807, 2.05) is 89.2 Å². The molecule has 0 aromatic heterocycles. The van der Waals surface area contributed by atoms with E-state index < -0.39 is 34.1 Å². The van der Waals surface area contributed by atoms with Gasteiger partial charge in [-0.3, -0.25) is 13.9 Å². The summed E-state index contributed by atoms with van der Waals surface area (Å²) in [6.45, 7) is 9.49. The average Bonchev–Trinajstić information content (AvgIpc) is 3.02. The molecular weight excluding hydrogens is 678 g/mol. The van der Waals surface area contributed by atoms with Crippen molar-refractivity contribution < 1.29 is 22.7 Å². The van der Waals surface area contributed by atoms with E-state index in [1.165, 1.54) is 17.0 Å². The van der Waals surface area contributed by atoms with Crippen LogP contribution in [0.25, 0.3) is 0 Å². The highest BCUT2D eigenvalue weighted by Gasteiger charge is 2.35. The average molecular weight is 721 g/mol. The van der Waals surface area contributed by atoms with Gasteiger partial charge in [0.05, 0.1) is 17.2 Å². The van der Waals surface area contributed by atoms with Gasteiger partial charge < -0.3 is 15.0 Å². The fourth-order valence-corrected chi connectivity index (χ4v) is 6.79. The van der Waals surface area contributed by atoms with Crippen LogP contribution in [-0.2, 0) is 32.6 Å². The molecule has 248 valence electrons. The third-order valence-corrected chi connectivity index (χ3v) is 9.80. The molecule has 0 aliphatic carbocycles. The maximum atomic E-state index is 14.7. The molecule has 4 aromatic carbocycles. The number of aryl methyl sites for hydroxylation is 1. The summed E-state index contributed by atoms with van der Waals surface area (Å²) in [6, 6.07) is 29.1. The van der Waals surface area contributed by atoms with Gasteiger partial charge in [-0.15, -0.1) is 0 Å². The van der Waals surface area contributed by atoms with Crippen molar-refractivity contribution in [2.75, 3.05) is 17.5 Å². The Labute approximate surface area is 286 Å². The highest BCUT2D eigenvalue weighted by molar-refractivity contribution is 9.10. The smallest absolute Gasteiger partial charge is 0.264 e. The summed E-state index contributed by atoms with van der Waals surface area (Å²) in [5.74, 6) is -0.272. The Morgan fingerprint density at radius 1 is 0.872 bits per heavy atom. The molecule has 0 spiro atoms. The van der Waals surface area contributed by atoms with Crippen LogP contribution in [0.1, 0.15) is 44.4 Å². The van der Waals surface area contributed by atoms with Crippen molar-refractivity contribution in [3.05, 3.63) is 124 Å². The minimum atomic E-state index is -4.22. The third-order valence-electron chi connectivity index (χ3n) is 7.49. The summed E-state index contributed by atoms with van der Waals surface area (Å²) >= 11 is 3.37. The number of carbonyl (C=O) groups is 2. The van der Waals surface area contributed by atoms with Gasteiger partial charge in [-0.05, 0) is 99.8 Å². The largest absolute Gasteiger partial charge is 0.494 e. The van der Waals surface area contributed by atoms with Crippen LogP contribution in [0.5, 0.6) is 5.75 Å². The van der Waals surface area contributed by atoms with Crippen molar-refractivity contribution in [2.24, 2.45) is 0 Å². The Balaban J connectivity index is 1.82. The van der Waals surface area contributed by atoms with E-state index in [0.717, 1.165) is 25.5 Å². The quantitative estimate of drug-likeness (QED) is 0.162. The zero-order valence-electron chi connectivity index (χ0n) is 27.4. The standard InChI is InChI=1S/C37H42BrN3O5S/c1-6-46-32-20-18-31(19-21-32)41(47(44,45)33-22-16-30(38)17-23-33)26-35(42)40(25-29-15-11-10-12-27(29)2)34(36(43)39-37(3,4)5)24-28-13-8-7-9-14-28/h7-23,34H,6,24-26H2,1-5H3,(H,39,43)/t34-/m0/s1. The Morgan fingerprint density at radius 3 is 2.09 bits per heavy atom. The summed E-state index contributed by atoms with van der Waals surface area (Å²) in [4.78, 5) is 30.2. The number of rotatable bonds is 13. The Morgan fingerprint density at radius 2 is 1.49 bits per heavy atom. The fraction of sp³-hybridized carbons (Fsp3) is 0.297. The van der Waals surface area contributed by atoms with Crippen molar-refractivity contribution in [1.29, 1.82) is 0 Å². The van der Waals surface area contributed by atoms with Crippen LogP contribution in [0.15, 0.2) is 112 Å². The molecule has 2 amide bonds. The molecule has 0 fully saturated rings.